The Hall–Kier alpha value is -0.530. The van der Waals surface area contributed by atoms with Gasteiger partial charge in [0, 0.05) is 6.42 Å². The molecule has 0 aromatic carbocycles. The van der Waals surface area contributed by atoms with Crippen molar-refractivity contribution in [2.75, 3.05) is 19.6 Å². The van der Waals surface area contributed by atoms with Gasteiger partial charge in [0.25, 0.3) is 0 Å². The van der Waals surface area contributed by atoms with Gasteiger partial charge >= 0.3 is 0 Å². The van der Waals surface area contributed by atoms with E-state index in [0.29, 0.717) is 5.54 Å². The van der Waals surface area contributed by atoms with Gasteiger partial charge in [0.05, 0.1) is 31.6 Å². The van der Waals surface area contributed by atoms with E-state index in [-0.39, 0.29) is 0 Å². The summed E-state index contributed by atoms with van der Waals surface area (Å²) in [4.78, 5) is 2.58. The monoisotopic (exact) mass is 181 g/mol. The predicted molar refractivity (Wildman–Crippen MR) is 55.3 cm³/mol. The summed E-state index contributed by atoms with van der Waals surface area (Å²) in [7, 11) is 0. The van der Waals surface area contributed by atoms with Gasteiger partial charge in [-0.1, -0.05) is 0 Å². The number of rotatable bonds is 0. The topological polar surface area (TPSA) is 6.25 Å². The molecule has 0 N–H and O–H groups in total. The lowest BCUT2D eigenvalue weighted by Crippen LogP contribution is -2.47. The van der Waals surface area contributed by atoms with Gasteiger partial charge in [0.15, 0.2) is 0 Å². The number of fused-ring (bicyclic) bond motifs is 1. The molecule has 2 nitrogen and oxygen atoms in total. The zero-order chi connectivity index (χ0) is 9.47. The highest BCUT2D eigenvalue weighted by atomic mass is 15.3. The van der Waals surface area contributed by atoms with Crippen molar-refractivity contribution < 1.29 is 4.58 Å². The summed E-state index contributed by atoms with van der Waals surface area (Å²) in [5.74, 6) is 1.61. The highest BCUT2D eigenvalue weighted by Crippen LogP contribution is 2.20. The normalized spacial score (nSPS) is 23.8. The molecule has 0 amide bonds. The first-order chi connectivity index (χ1) is 6.09. The van der Waals surface area contributed by atoms with E-state index in [1.54, 1.807) is 5.84 Å². The fourth-order valence-electron chi connectivity index (χ4n) is 2.53. The van der Waals surface area contributed by atoms with Crippen LogP contribution in [0.2, 0.25) is 0 Å². The van der Waals surface area contributed by atoms with Crippen LogP contribution in [0.1, 0.15) is 40.0 Å². The van der Waals surface area contributed by atoms with E-state index in [4.69, 9.17) is 0 Å². The van der Waals surface area contributed by atoms with Crippen molar-refractivity contribution in [1.29, 1.82) is 0 Å². The van der Waals surface area contributed by atoms with Crippen molar-refractivity contribution in [3.05, 3.63) is 0 Å². The Bertz CT molecular complexity index is 235. The highest BCUT2D eigenvalue weighted by molar-refractivity contribution is 5.79. The molecule has 2 heterocycles. The maximum absolute atomic E-state index is 2.60. The molecule has 13 heavy (non-hydrogen) atoms. The molecule has 1 fully saturated rings. The van der Waals surface area contributed by atoms with Crippen molar-refractivity contribution in [3.8, 4) is 0 Å². The van der Waals surface area contributed by atoms with E-state index in [0.717, 1.165) is 0 Å². The Labute approximate surface area is 81.2 Å². The van der Waals surface area contributed by atoms with Crippen LogP contribution in [-0.4, -0.2) is 40.5 Å². The van der Waals surface area contributed by atoms with E-state index in [2.05, 4.69) is 30.2 Å². The molecule has 2 rings (SSSR count). The lowest BCUT2D eigenvalue weighted by atomic mass is 10.1. The molecule has 0 atom stereocenters. The maximum Gasteiger partial charge on any atom is 0.247 e. The minimum atomic E-state index is 0.318. The zero-order valence-corrected chi connectivity index (χ0v) is 9.14. The second kappa shape index (κ2) is 3.00. The van der Waals surface area contributed by atoms with Gasteiger partial charge in [-0.3, -0.25) is 9.48 Å². The second-order valence-corrected chi connectivity index (χ2v) is 5.18. The molecule has 0 aromatic heterocycles. The van der Waals surface area contributed by atoms with Crippen molar-refractivity contribution in [2.24, 2.45) is 0 Å². The average Bonchev–Trinajstić information content (AvgIpc) is 2.48. The van der Waals surface area contributed by atoms with Crippen LogP contribution in [0, 0.1) is 0 Å². The Kier molecular flexibility index (Phi) is 2.09. The standard InChI is InChI=1S/C11H21N2/c1-11(2,3)13-9-5-8-12-7-4-6-10(12)13/h4-9H2,1-3H3/q+1. The first-order valence-corrected chi connectivity index (χ1v) is 5.47. The summed E-state index contributed by atoms with van der Waals surface area (Å²) in [6, 6.07) is 0. The molecule has 0 radical (unpaired) electrons. The third-order valence-corrected chi connectivity index (χ3v) is 3.12. The quantitative estimate of drug-likeness (QED) is 0.515. The zero-order valence-electron chi connectivity index (χ0n) is 9.14. The van der Waals surface area contributed by atoms with E-state index >= 15 is 0 Å². The summed E-state index contributed by atoms with van der Waals surface area (Å²) in [5, 5.41) is 0. The van der Waals surface area contributed by atoms with Crippen LogP contribution in [0.3, 0.4) is 0 Å². The summed E-state index contributed by atoms with van der Waals surface area (Å²) in [6.45, 7) is 10.8. The fourth-order valence-corrected chi connectivity index (χ4v) is 2.53. The third-order valence-electron chi connectivity index (χ3n) is 3.12. The summed E-state index contributed by atoms with van der Waals surface area (Å²) < 4.78 is 2.60. The first kappa shape index (κ1) is 9.04. The van der Waals surface area contributed by atoms with Crippen LogP contribution in [0.4, 0.5) is 0 Å². The molecule has 0 spiro atoms. The van der Waals surface area contributed by atoms with Crippen molar-refractivity contribution in [1.82, 2.24) is 4.90 Å². The van der Waals surface area contributed by atoms with E-state index in [9.17, 15) is 0 Å². The largest absolute Gasteiger partial charge is 0.266 e. The van der Waals surface area contributed by atoms with E-state index in [1.807, 2.05) is 0 Å². The lowest BCUT2D eigenvalue weighted by Gasteiger charge is -2.30. The number of hydrogen-bond donors (Lipinski definition) is 0. The molecule has 0 saturated carbocycles. The summed E-state index contributed by atoms with van der Waals surface area (Å²) >= 11 is 0. The molecule has 74 valence electrons. The molecule has 0 aromatic rings. The van der Waals surface area contributed by atoms with Gasteiger partial charge in [0.2, 0.25) is 5.84 Å². The second-order valence-electron chi connectivity index (χ2n) is 5.18. The Morgan fingerprint density at radius 3 is 2.54 bits per heavy atom. The minimum absolute atomic E-state index is 0.318. The van der Waals surface area contributed by atoms with E-state index in [1.165, 1.54) is 38.9 Å². The molecule has 2 aliphatic heterocycles. The Balaban J connectivity index is 2.32. The van der Waals surface area contributed by atoms with Crippen LogP contribution in [0.25, 0.3) is 0 Å². The van der Waals surface area contributed by atoms with Crippen molar-refractivity contribution >= 4 is 5.84 Å². The van der Waals surface area contributed by atoms with E-state index < -0.39 is 0 Å². The number of hydrogen-bond acceptors (Lipinski definition) is 1. The predicted octanol–water partition coefficient (Wildman–Crippen LogP) is 1.70. The highest BCUT2D eigenvalue weighted by Gasteiger charge is 2.36. The van der Waals surface area contributed by atoms with Gasteiger partial charge in [-0.25, -0.2) is 0 Å². The van der Waals surface area contributed by atoms with Crippen molar-refractivity contribution in [2.45, 2.75) is 45.6 Å². The van der Waals surface area contributed by atoms with Gasteiger partial charge in [0.1, 0.15) is 0 Å². The molecule has 0 bridgehead atoms. The Morgan fingerprint density at radius 1 is 1.15 bits per heavy atom. The molecular formula is C11H21N2+. The molecule has 2 aliphatic rings. The number of nitrogens with zero attached hydrogens (tertiary/aromatic N) is 2. The molecule has 2 heteroatoms. The SMILES string of the molecule is CC(C)(C)[N+]1=C2CCCN2CCC1. The Morgan fingerprint density at radius 2 is 1.85 bits per heavy atom. The van der Waals surface area contributed by atoms with Crippen LogP contribution >= 0.6 is 0 Å². The van der Waals surface area contributed by atoms with Gasteiger partial charge in [-0.15, -0.1) is 0 Å². The molecule has 1 saturated heterocycles. The third kappa shape index (κ3) is 1.59. The van der Waals surface area contributed by atoms with Crippen LogP contribution in [0.5, 0.6) is 0 Å². The first-order valence-electron chi connectivity index (χ1n) is 5.47. The van der Waals surface area contributed by atoms with Crippen molar-refractivity contribution in [3.63, 3.8) is 0 Å². The van der Waals surface area contributed by atoms with Gasteiger partial charge < -0.3 is 0 Å². The minimum Gasteiger partial charge on any atom is -0.266 e. The molecular weight excluding hydrogens is 160 g/mol. The molecule has 0 aliphatic carbocycles. The van der Waals surface area contributed by atoms with Crippen LogP contribution in [-0.2, 0) is 0 Å². The van der Waals surface area contributed by atoms with Gasteiger partial charge in [-0.2, -0.15) is 0 Å². The smallest absolute Gasteiger partial charge is 0.247 e. The average molecular weight is 181 g/mol. The van der Waals surface area contributed by atoms with Crippen LogP contribution in [0.15, 0.2) is 0 Å². The van der Waals surface area contributed by atoms with Gasteiger partial charge in [-0.05, 0) is 27.2 Å². The number of amidine groups is 1. The maximum atomic E-state index is 2.60. The molecule has 0 unspecified atom stereocenters. The fraction of sp³-hybridized carbons (Fsp3) is 0.909. The van der Waals surface area contributed by atoms with Crippen LogP contribution < -0.4 is 0 Å². The summed E-state index contributed by atoms with van der Waals surface area (Å²) in [6.07, 6.45) is 4.00. The summed E-state index contributed by atoms with van der Waals surface area (Å²) in [5.41, 5.74) is 0.318. The lowest BCUT2D eigenvalue weighted by molar-refractivity contribution is -0.605.